The lowest BCUT2D eigenvalue weighted by Gasteiger charge is -2.13. The summed E-state index contributed by atoms with van der Waals surface area (Å²) in [5.41, 5.74) is 1.33. The SMILES string of the molecule is CCC(CC)Cc1nccn1Cc1ccccc1. The normalized spacial score (nSPS) is 11.1. The molecule has 0 saturated carbocycles. The van der Waals surface area contributed by atoms with Crippen LogP contribution in [0.2, 0.25) is 0 Å². The molecule has 0 atom stereocenters. The van der Waals surface area contributed by atoms with Crippen LogP contribution in [0, 0.1) is 5.92 Å². The number of nitrogens with zero attached hydrogens (tertiary/aromatic N) is 2. The second-order valence-corrected chi connectivity index (χ2v) is 4.84. The molecule has 0 radical (unpaired) electrons. The number of hydrogen-bond acceptors (Lipinski definition) is 1. The van der Waals surface area contributed by atoms with Crippen LogP contribution in [0.15, 0.2) is 42.7 Å². The van der Waals surface area contributed by atoms with Gasteiger partial charge in [0.05, 0.1) is 0 Å². The van der Waals surface area contributed by atoms with Gasteiger partial charge in [0, 0.05) is 25.4 Å². The highest BCUT2D eigenvalue weighted by atomic mass is 15.1. The van der Waals surface area contributed by atoms with Crippen LogP contribution >= 0.6 is 0 Å². The molecule has 1 heterocycles. The highest BCUT2D eigenvalue weighted by Crippen LogP contribution is 2.15. The molecule has 0 bridgehead atoms. The molecule has 0 aliphatic carbocycles. The zero-order valence-electron chi connectivity index (χ0n) is 11.3. The van der Waals surface area contributed by atoms with Crippen LogP contribution in [0.3, 0.4) is 0 Å². The molecule has 96 valence electrons. The predicted octanol–water partition coefficient (Wildman–Crippen LogP) is 3.91. The summed E-state index contributed by atoms with van der Waals surface area (Å²) in [5.74, 6) is 1.97. The van der Waals surface area contributed by atoms with Crippen molar-refractivity contribution in [2.75, 3.05) is 0 Å². The quantitative estimate of drug-likeness (QED) is 0.751. The van der Waals surface area contributed by atoms with Crippen LogP contribution in [0.5, 0.6) is 0 Å². The lowest BCUT2D eigenvalue weighted by Crippen LogP contribution is -2.10. The molecule has 0 aliphatic rings. The fourth-order valence-electron chi connectivity index (χ4n) is 2.29. The minimum absolute atomic E-state index is 0.752. The summed E-state index contributed by atoms with van der Waals surface area (Å²) < 4.78 is 2.27. The third kappa shape index (κ3) is 3.22. The average Bonchev–Trinajstić information content (AvgIpc) is 2.84. The van der Waals surface area contributed by atoms with Gasteiger partial charge in [-0.1, -0.05) is 57.0 Å². The van der Waals surface area contributed by atoms with Crippen LogP contribution in [-0.4, -0.2) is 9.55 Å². The van der Waals surface area contributed by atoms with E-state index in [1.54, 1.807) is 0 Å². The van der Waals surface area contributed by atoms with E-state index >= 15 is 0 Å². The number of imidazole rings is 1. The van der Waals surface area contributed by atoms with Crippen molar-refractivity contribution >= 4 is 0 Å². The zero-order valence-corrected chi connectivity index (χ0v) is 11.3. The summed E-state index contributed by atoms with van der Waals surface area (Å²) in [4.78, 5) is 4.51. The van der Waals surface area contributed by atoms with E-state index in [1.807, 2.05) is 6.20 Å². The van der Waals surface area contributed by atoms with Crippen LogP contribution < -0.4 is 0 Å². The summed E-state index contributed by atoms with van der Waals surface area (Å²) in [6.45, 7) is 5.45. The van der Waals surface area contributed by atoms with Gasteiger partial charge >= 0.3 is 0 Å². The second kappa shape index (κ2) is 6.39. The molecule has 0 fully saturated rings. The Labute approximate surface area is 110 Å². The van der Waals surface area contributed by atoms with Gasteiger partial charge in [-0.2, -0.15) is 0 Å². The molecule has 1 aromatic heterocycles. The molecule has 0 N–H and O–H groups in total. The van der Waals surface area contributed by atoms with Crippen molar-refractivity contribution in [1.29, 1.82) is 0 Å². The molecule has 2 nitrogen and oxygen atoms in total. The molecule has 2 aromatic rings. The Morgan fingerprint density at radius 2 is 1.83 bits per heavy atom. The van der Waals surface area contributed by atoms with Crippen molar-refractivity contribution in [1.82, 2.24) is 9.55 Å². The molecule has 0 aliphatic heterocycles. The minimum atomic E-state index is 0.752. The van der Waals surface area contributed by atoms with E-state index in [-0.39, 0.29) is 0 Å². The predicted molar refractivity (Wildman–Crippen MR) is 75.5 cm³/mol. The lowest BCUT2D eigenvalue weighted by atomic mass is 9.99. The Bertz CT molecular complexity index is 455. The van der Waals surface area contributed by atoms with Gasteiger partial charge in [0.1, 0.15) is 5.82 Å². The first-order valence-electron chi connectivity index (χ1n) is 6.87. The average molecular weight is 242 g/mol. The molecule has 18 heavy (non-hydrogen) atoms. The van der Waals surface area contributed by atoms with E-state index in [1.165, 1.54) is 24.2 Å². The third-order valence-electron chi connectivity index (χ3n) is 3.62. The number of rotatable bonds is 6. The fraction of sp³-hybridized carbons (Fsp3) is 0.438. The van der Waals surface area contributed by atoms with Crippen LogP contribution in [-0.2, 0) is 13.0 Å². The number of benzene rings is 1. The van der Waals surface area contributed by atoms with Gasteiger partial charge in [0.25, 0.3) is 0 Å². The molecule has 0 unspecified atom stereocenters. The largest absolute Gasteiger partial charge is 0.331 e. The lowest BCUT2D eigenvalue weighted by molar-refractivity contribution is 0.469. The number of aromatic nitrogens is 2. The van der Waals surface area contributed by atoms with Crippen molar-refractivity contribution in [2.24, 2.45) is 5.92 Å². The van der Waals surface area contributed by atoms with Crippen molar-refractivity contribution in [3.63, 3.8) is 0 Å². The summed E-state index contributed by atoms with van der Waals surface area (Å²) in [6.07, 6.45) is 7.56. The summed E-state index contributed by atoms with van der Waals surface area (Å²) in [6, 6.07) is 10.6. The van der Waals surface area contributed by atoms with E-state index in [9.17, 15) is 0 Å². The molecular formula is C16H22N2. The van der Waals surface area contributed by atoms with Gasteiger partial charge in [0.15, 0.2) is 0 Å². The highest BCUT2D eigenvalue weighted by Gasteiger charge is 2.09. The molecule has 0 amide bonds. The zero-order chi connectivity index (χ0) is 12.8. The molecule has 2 heteroatoms. The Balaban J connectivity index is 2.08. The Hall–Kier alpha value is -1.57. The maximum absolute atomic E-state index is 4.51. The molecule has 0 spiro atoms. The third-order valence-corrected chi connectivity index (χ3v) is 3.62. The van der Waals surface area contributed by atoms with Gasteiger partial charge in [-0.3, -0.25) is 0 Å². The first-order chi connectivity index (χ1) is 8.83. The van der Waals surface area contributed by atoms with Gasteiger partial charge in [-0.05, 0) is 11.5 Å². The summed E-state index contributed by atoms with van der Waals surface area (Å²) in [5, 5.41) is 0. The standard InChI is InChI=1S/C16H22N2/c1-3-14(4-2)12-16-17-10-11-18(16)13-15-8-6-5-7-9-15/h5-11,14H,3-4,12-13H2,1-2H3. The van der Waals surface area contributed by atoms with Crippen molar-refractivity contribution in [3.8, 4) is 0 Å². The number of hydrogen-bond donors (Lipinski definition) is 0. The van der Waals surface area contributed by atoms with Crippen molar-refractivity contribution in [3.05, 3.63) is 54.1 Å². The second-order valence-electron chi connectivity index (χ2n) is 4.84. The van der Waals surface area contributed by atoms with E-state index in [0.29, 0.717) is 0 Å². The molecule has 0 saturated heterocycles. The van der Waals surface area contributed by atoms with Gasteiger partial charge in [-0.15, -0.1) is 0 Å². The topological polar surface area (TPSA) is 17.8 Å². The van der Waals surface area contributed by atoms with Crippen LogP contribution in [0.1, 0.15) is 38.1 Å². The molecule has 1 aromatic carbocycles. The Morgan fingerprint density at radius 1 is 1.11 bits per heavy atom. The van der Waals surface area contributed by atoms with Gasteiger partial charge in [-0.25, -0.2) is 4.98 Å². The van der Waals surface area contributed by atoms with Crippen molar-refractivity contribution in [2.45, 2.75) is 39.7 Å². The summed E-state index contributed by atoms with van der Waals surface area (Å²) in [7, 11) is 0. The fourth-order valence-corrected chi connectivity index (χ4v) is 2.29. The highest BCUT2D eigenvalue weighted by molar-refractivity contribution is 5.15. The monoisotopic (exact) mass is 242 g/mol. The summed E-state index contributed by atoms with van der Waals surface area (Å²) >= 11 is 0. The molecule has 2 rings (SSSR count). The van der Waals surface area contributed by atoms with Crippen molar-refractivity contribution < 1.29 is 0 Å². The first-order valence-corrected chi connectivity index (χ1v) is 6.87. The Kier molecular flexibility index (Phi) is 4.57. The minimum Gasteiger partial charge on any atom is -0.331 e. The van der Waals surface area contributed by atoms with E-state index in [0.717, 1.165) is 18.9 Å². The van der Waals surface area contributed by atoms with E-state index < -0.39 is 0 Å². The maximum atomic E-state index is 4.51. The van der Waals surface area contributed by atoms with E-state index in [4.69, 9.17) is 0 Å². The maximum Gasteiger partial charge on any atom is 0.109 e. The Morgan fingerprint density at radius 3 is 2.50 bits per heavy atom. The van der Waals surface area contributed by atoms with Gasteiger partial charge < -0.3 is 4.57 Å². The van der Waals surface area contributed by atoms with Crippen LogP contribution in [0.25, 0.3) is 0 Å². The van der Waals surface area contributed by atoms with E-state index in [2.05, 4.69) is 59.9 Å². The smallest absolute Gasteiger partial charge is 0.109 e. The first kappa shape index (κ1) is 12.9. The molecular weight excluding hydrogens is 220 g/mol. The van der Waals surface area contributed by atoms with Crippen LogP contribution in [0.4, 0.5) is 0 Å². The van der Waals surface area contributed by atoms with Gasteiger partial charge in [0.2, 0.25) is 0 Å².